The first kappa shape index (κ1) is 16.9. The molecule has 0 aliphatic heterocycles. The van der Waals surface area contributed by atoms with Gasteiger partial charge in [-0.05, 0) is 32.0 Å². The van der Waals surface area contributed by atoms with Crippen LogP contribution in [0, 0.1) is 5.82 Å². The zero-order valence-corrected chi connectivity index (χ0v) is 11.3. The lowest BCUT2D eigenvalue weighted by molar-refractivity contribution is -0.137. The lowest BCUT2D eigenvalue weighted by Gasteiger charge is -2.14. The van der Waals surface area contributed by atoms with E-state index in [9.17, 15) is 27.2 Å². The molecule has 0 bridgehead atoms. The van der Waals surface area contributed by atoms with Crippen LogP contribution < -0.4 is 10.6 Å². The highest BCUT2D eigenvalue weighted by molar-refractivity contribution is 5.97. The third-order valence-corrected chi connectivity index (χ3v) is 2.63. The van der Waals surface area contributed by atoms with E-state index in [4.69, 9.17) is 0 Å². The number of hydrogen-bond donors (Lipinski definition) is 2. The second kappa shape index (κ2) is 6.55. The molecule has 0 heterocycles. The van der Waals surface area contributed by atoms with Gasteiger partial charge in [0.25, 0.3) is 5.91 Å². The lowest BCUT2D eigenvalue weighted by atomic mass is 10.1. The average Bonchev–Trinajstić information content (AvgIpc) is 2.37. The zero-order chi connectivity index (χ0) is 16.2. The first-order valence-electron chi connectivity index (χ1n) is 6.12. The molecule has 8 heteroatoms. The van der Waals surface area contributed by atoms with E-state index in [0.717, 1.165) is 0 Å². The molecule has 0 saturated heterocycles. The van der Waals surface area contributed by atoms with Crippen molar-refractivity contribution >= 4 is 11.8 Å². The molecule has 0 aromatic heterocycles. The Balaban J connectivity index is 2.94. The highest BCUT2D eigenvalue weighted by Gasteiger charge is 2.32. The molecule has 0 fully saturated rings. The van der Waals surface area contributed by atoms with Gasteiger partial charge in [-0.3, -0.25) is 9.59 Å². The van der Waals surface area contributed by atoms with Crippen LogP contribution in [0.4, 0.5) is 17.6 Å². The van der Waals surface area contributed by atoms with Crippen LogP contribution in [0.25, 0.3) is 0 Å². The second-order valence-corrected chi connectivity index (χ2v) is 4.28. The van der Waals surface area contributed by atoms with Crippen molar-refractivity contribution < 1.29 is 27.2 Å². The first-order chi connectivity index (χ1) is 9.66. The molecule has 4 nitrogen and oxygen atoms in total. The van der Waals surface area contributed by atoms with Gasteiger partial charge in [-0.25, -0.2) is 4.39 Å². The van der Waals surface area contributed by atoms with Crippen molar-refractivity contribution in [2.45, 2.75) is 26.1 Å². The topological polar surface area (TPSA) is 58.2 Å². The van der Waals surface area contributed by atoms with Gasteiger partial charge in [0.2, 0.25) is 5.91 Å². The SMILES string of the molecule is CCNC(=O)C(C)NC(=O)c1cc(C(F)(F)F)ccc1F. The number of alkyl halides is 3. The number of likely N-dealkylation sites (N-methyl/N-ethyl adjacent to an activating group) is 1. The van der Waals surface area contributed by atoms with Crippen molar-refractivity contribution in [1.29, 1.82) is 0 Å². The smallest absolute Gasteiger partial charge is 0.355 e. The van der Waals surface area contributed by atoms with Crippen LogP contribution >= 0.6 is 0 Å². The minimum absolute atomic E-state index is 0.330. The number of nitrogens with one attached hydrogen (secondary N) is 2. The van der Waals surface area contributed by atoms with Crippen LogP contribution in [0.5, 0.6) is 0 Å². The molecule has 1 rings (SSSR count). The van der Waals surface area contributed by atoms with Gasteiger partial charge < -0.3 is 10.6 Å². The van der Waals surface area contributed by atoms with Gasteiger partial charge in [0.15, 0.2) is 0 Å². The van der Waals surface area contributed by atoms with Crippen molar-refractivity contribution in [3.05, 3.63) is 35.1 Å². The van der Waals surface area contributed by atoms with Gasteiger partial charge in [-0.1, -0.05) is 0 Å². The van der Waals surface area contributed by atoms with Crippen molar-refractivity contribution in [2.75, 3.05) is 6.54 Å². The second-order valence-electron chi connectivity index (χ2n) is 4.28. The van der Waals surface area contributed by atoms with E-state index in [1.165, 1.54) is 6.92 Å². The molecule has 21 heavy (non-hydrogen) atoms. The average molecular weight is 306 g/mol. The molecule has 0 saturated carbocycles. The van der Waals surface area contributed by atoms with Crippen molar-refractivity contribution in [3.8, 4) is 0 Å². The fourth-order valence-corrected chi connectivity index (χ4v) is 1.54. The maximum absolute atomic E-state index is 13.5. The summed E-state index contributed by atoms with van der Waals surface area (Å²) in [5, 5.41) is 4.57. The van der Waals surface area contributed by atoms with E-state index in [-0.39, 0.29) is 0 Å². The highest BCUT2D eigenvalue weighted by Crippen LogP contribution is 2.30. The Morgan fingerprint density at radius 2 is 1.90 bits per heavy atom. The molecule has 0 aliphatic carbocycles. The Morgan fingerprint density at radius 1 is 1.29 bits per heavy atom. The molecular weight excluding hydrogens is 292 g/mol. The van der Waals surface area contributed by atoms with Crippen LogP contribution in [-0.4, -0.2) is 24.4 Å². The van der Waals surface area contributed by atoms with Gasteiger partial charge in [-0.2, -0.15) is 13.2 Å². The zero-order valence-electron chi connectivity index (χ0n) is 11.3. The molecule has 1 aromatic carbocycles. The Hall–Kier alpha value is -2.12. The standard InChI is InChI=1S/C13H14F4N2O2/c1-3-18-11(20)7(2)19-12(21)9-6-8(13(15,16)17)4-5-10(9)14/h4-7H,3H2,1-2H3,(H,18,20)(H,19,21). The van der Waals surface area contributed by atoms with Crippen LogP contribution in [0.1, 0.15) is 29.8 Å². The highest BCUT2D eigenvalue weighted by atomic mass is 19.4. The largest absolute Gasteiger partial charge is 0.416 e. The van der Waals surface area contributed by atoms with Crippen LogP contribution in [-0.2, 0) is 11.0 Å². The monoisotopic (exact) mass is 306 g/mol. The number of benzene rings is 1. The van der Waals surface area contributed by atoms with Crippen LogP contribution in [0.15, 0.2) is 18.2 Å². The summed E-state index contributed by atoms with van der Waals surface area (Å²) in [6, 6.07) is 0.523. The third-order valence-electron chi connectivity index (χ3n) is 2.63. The number of amides is 2. The summed E-state index contributed by atoms with van der Waals surface area (Å²) >= 11 is 0. The molecule has 116 valence electrons. The van der Waals surface area contributed by atoms with Crippen molar-refractivity contribution in [1.82, 2.24) is 10.6 Å². The van der Waals surface area contributed by atoms with Gasteiger partial charge in [0.05, 0.1) is 11.1 Å². The van der Waals surface area contributed by atoms with E-state index >= 15 is 0 Å². The van der Waals surface area contributed by atoms with Gasteiger partial charge >= 0.3 is 6.18 Å². The Bertz CT molecular complexity index is 543. The Morgan fingerprint density at radius 3 is 2.43 bits per heavy atom. The Labute approximate surface area is 118 Å². The molecule has 2 N–H and O–H groups in total. The molecule has 1 atom stereocenters. The molecule has 2 amide bonds. The minimum Gasteiger partial charge on any atom is -0.355 e. The van der Waals surface area contributed by atoms with Crippen molar-refractivity contribution in [2.24, 2.45) is 0 Å². The van der Waals surface area contributed by atoms with E-state index in [1.54, 1.807) is 6.92 Å². The number of hydrogen-bond acceptors (Lipinski definition) is 2. The van der Waals surface area contributed by atoms with Gasteiger partial charge in [-0.15, -0.1) is 0 Å². The summed E-state index contributed by atoms with van der Waals surface area (Å²) in [4.78, 5) is 23.2. The van der Waals surface area contributed by atoms with Gasteiger partial charge in [0.1, 0.15) is 11.9 Å². The quantitative estimate of drug-likeness (QED) is 0.837. The molecule has 1 unspecified atom stereocenters. The van der Waals surface area contributed by atoms with Crippen LogP contribution in [0.3, 0.4) is 0 Å². The van der Waals surface area contributed by atoms with Crippen LogP contribution in [0.2, 0.25) is 0 Å². The predicted molar refractivity (Wildman–Crippen MR) is 67.0 cm³/mol. The molecule has 0 radical (unpaired) electrons. The van der Waals surface area contributed by atoms with E-state index < -0.39 is 41.0 Å². The third kappa shape index (κ3) is 4.44. The summed E-state index contributed by atoms with van der Waals surface area (Å²) in [5.74, 6) is -2.70. The maximum Gasteiger partial charge on any atom is 0.416 e. The lowest BCUT2D eigenvalue weighted by Crippen LogP contribution is -2.44. The Kier molecular flexibility index (Phi) is 5.28. The first-order valence-corrected chi connectivity index (χ1v) is 6.12. The fraction of sp³-hybridized carbons (Fsp3) is 0.385. The summed E-state index contributed by atoms with van der Waals surface area (Å²) < 4.78 is 51.1. The molecule has 0 spiro atoms. The summed E-state index contributed by atoms with van der Waals surface area (Å²) in [5.41, 5.74) is -1.90. The molecule has 0 aliphatic rings. The summed E-state index contributed by atoms with van der Waals surface area (Å²) in [6.07, 6.45) is -4.69. The number of rotatable bonds is 4. The number of halogens is 4. The minimum atomic E-state index is -4.69. The predicted octanol–water partition coefficient (Wildman–Crippen LogP) is 2.10. The number of carbonyl (C=O) groups is 2. The van der Waals surface area contributed by atoms with E-state index in [1.807, 2.05) is 0 Å². The fourth-order valence-electron chi connectivity index (χ4n) is 1.54. The normalized spacial score (nSPS) is 12.7. The number of carbonyl (C=O) groups excluding carboxylic acids is 2. The maximum atomic E-state index is 13.5. The van der Waals surface area contributed by atoms with Crippen molar-refractivity contribution in [3.63, 3.8) is 0 Å². The molecule has 1 aromatic rings. The van der Waals surface area contributed by atoms with E-state index in [2.05, 4.69) is 10.6 Å². The van der Waals surface area contributed by atoms with E-state index in [0.29, 0.717) is 24.7 Å². The summed E-state index contributed by atoms with van der Waals surface area (Å²) in [6.45, 7) is 3.34. The van der Waals surface area contributed by atoms with Gasteiger partial charge in [0, 0.05) is 6.54 Å². The summed E-state index contributed by atoms with van der Waals surface area (Å²) in [7, 11) is 0. The molecular formula is C13H14F4N2O2.